The van der Waals surface area contributed by atoms with Crippen molar-refractivity contribution < 1.29 is 4.79 Å². The lowest BCUT2D eigenvalue weighted by Gasteiger charge is -1.99. The molecule has 0 saturated carbocycles. The zero-order valence-electron chi connectivity index (χ0n) is 11.1. The van der Waals surface area contributed by atoms with Crippen LogP contribution in [0, 0.1) is 6.92 Å². The van der Waals surface area contributed by atoms with E-state index in [1.165, 1.54) is 0 Å². The Balaban J connectivity index is 1.82. The Hall–Kier alpha value is -2.63. The molecule has 0 saturated heterocycles. The monoisotopic (exact) mass is 272 g/mol. The third kappa shape index (κ3) is 3.68. The van der Waals surface area contributed by atoms with E-state index in [1.807, 2.05) is 30.3 Å². The van der Waals surface area contributed by atoms with Crippen molar-refractivity contribution in [2.45, 2.75) is 19.8 Å². The molecule has 20 heavy (non-hydrogen) atoms. The van der Waals surface area contributed by atoms with Gasteiger partial charge >= 0.3 is 0 Å². The van der Waals surface area contributed by atoms with Crippen LogP contribution in [0.5, 0.6) is 0 Å². The standard InChI is InChI=1S/C14H16N4O2/c1-10-12(14(20)18-16-10)7-8-13(19)17-15-9-11-5-3-2-4-6-11/h2-6,9H,7-8H2,1H3,(H,17,19)(H2,16,18,20). The molecule has 1 heterocycles. The minimum Gasteiger partial charge on any atom is -0.302 e. The summed E-state index contributed by atoms with van der Waals surface area (Å²) in [5.74, 6) is -0.225. The third-order valence-corrected chi connectivity index (χ3v) is 2.89. The van der Waals surface area contributed by atoms with Gasteiger partial charge < -0.3 is 5.10 Å². The average molecular weight is 272 g/mol. The topological polar surface area (TPSA) is 90.1 Å². The molecule has 3 N–H and O–H groups in total. The molecule has 0 atom stereocenters. The SMILES string of the molecule is Cc1[nH][nH]c(=O)c1CCC(=O)NN=Cc1ccccc1. The summed E-state index contributed by atoms with van der Waals surface area (Å²) in [5.41, 5.74) is 4.53. The first kappa shape index (κ1) is 13.8. The lowest BCUT2D eigenvalue weighted by Crippen LogP contribution is -2.19. The van der Waals surface area contributed by atoms with Crippen molar-refractivity contribution in [1.82, 2.24) is 15.6 Å². The minimum absolute atomic E-state index is 0.178. The van der Waals surface area contributed by atoms with Gasteiger partial charge in [0.05, 0.1) is 6.21 Å². The van der Waals surface area contributed by atoms with Gasteiger partial charge in [0.2, 0.25) is 5.91 Å². The second-order valence-electron chi connectivity index (χ2n) is 4.39. The molecule has 0 fully saturated rings. The van der Waals surface area contributed by atoms with Crippen molar-refractivity contribution in [3.63, 3.8) is 0 Å². The summed E-state index contributed by atoms with van der Waals surface area (Å²) in [6.07, 6.45) is 2.18. The molecule has 1 amide bonds. The van der Waals surface area contributed by atoms with Gasteiger partial charge in [-0.3, -0.25) is 14.7 Å². The molecular weight excluding hydrogens is 256 g/mol. The number of hydrogen-bond donors (Lipinski definition) is 3. The van der Waals surface area contributed by atoms with E-state index in [1.54, 1.807) is 13.1 Å². The first-order chi connectivity index (χ1) is 9.66. The maximum atomic E-state index is 11.6. The summed E-state index contributed by atoms with van der Waals surface area (Å²) in [7, 11) is 0. The Labute approximate surface area is 115 Å². The fraction of sp³-hybridized carbons (Fsp3) is 0.214. The lowest BCUT2D eigenvalue weighted by molar-refractivity contribution is -0.121. The molecule has 6 nitrogen and oxygen atoms in total. The van der Waals surface area contributed by atoms with Gasteiger partial charge in [-0.15, -0.1) is 0 Å². The fourth-order valence-electron chi connectivity index (χ4n) is 1.79. The van der Waals surface area contributed by atoms with E-state index >= 15 is 0 Å². The zero-order chi connectivity index (χ0) is 14.4. The summed E-state index contributed by atoms with van der Waals surface area (Å²) in [6.45, 7) is 1.79. The van der Waals surface area contributed by atoms with E-state index in [4.69, 9.17) is 0 Å². The van der Waals surface area contributed by atoms with Crippen LogP contribution in [-0.2, 0) is 11.2 Å². The number of aromatic nitrogens is 2. The molecule has 1 aromatic carbocycles. The molecule has 104 valence electrons. The zero-order valence-corrected chi connectivity index (χ0v) is 11.1. The molecule has 2 aromatic rings. The second kappa shape index (κ2) is 6.51. The largest absolute Gasteiger partial charge is 0.302 e. The van der Waals surface area contributed by atoms with Crippen molar-refractivity contribution in [1.29, 1.82) is 0 Å². The van der Waals surface area contributed by atoms with E-state index in [0.717, 1.165) is 11.3 Å². The number of carbonyl (C=O) groups excluding carboxylic acids is 1. The highest BCUT2D eigenvalue weighted by Crippen LogP contribution is 2.01. The summed E-state index contributed by atoms with van der Waals surface area (Å²) >= 11 is 0. The molecule has 2 rings (SSSR count). The summed E-state index contributed by atoms with van der Waals surface area (Å²) in [5, 5.41) is 9.08. The van der Waals surface area contributed by atoms with Crippen molar-refractivity contribution >= 4 is 12.1 Å². The molecule has 0 radical (unpaired) electrons. The molecule has 0 unspecified atom stereocenters. The Morgan fingerprint density at radius 2 is 2.05 bits per heavy atom. The van der Waals surface area contributed by atoms with E-state index in [9.17, 15) is 9.59 Å². The van der Waals surface area contributed by atoms with Gasteiger partial charge in [-0.2, -0.15) is 5.10 Å². The highest BCUT2D eigenvalue weighted by Gasteiger charge is 2.08. The van der Waals surface area contributed by atoms with Crippen LogP contribution >= 0.6 is 0 Å². The Kier molecular flexibility index (Phi) is 4.49. The van der Waals surface area contributed by atoms with Crippen LogP contribution in [0.4, 0.5) is 0 Å². The van der Waals surface area contributed by atoms with Crippen LogP contribution in [0.25, 0.3) is 0 Å². The number of amides is 1. The van der Waals surface area contributed by atoms with Crippen LogP contribution in [0.15, 0.2) is 40.2 Å². The van der Waals surface area contributed by atoms with Crippen molar-refractivity contribution in [2.24, 2.45) is 5.10 Å². The molecular formula is C14H16N4O2. The number of benzene rings is 1. The van der Waals surface area contributed by atoms with Gasteiger partial charge in [0.15, 0.2) is 0 Å². The predicted octanol–water partition coefficient (Wildman–Crippen LogP) is 1.09. The van der Waals surface area contributed by atoms with Crippen molar-refractivity contribution in [2.75, 3.05) is 0 Å². The van der Waals surface area contributed by atoms with E-state index < -0.39 is 0 Å². The molecule has 0 aliphatic rings. The van der Waals surface area contributed by atoms with Gasteiger partial charge in [-0.25, -0.2) is 5.43 Å². The van der Waals surface area contributed by atoms with Gasteiger partial charge in [-0.05, 0) is 18.9 Å². The predicted molar refractivity (Wildman–Crippen MR) is 76.7 cm³/mol. The number of hydrazone groups is 1. The molecule has 0 spiro atoms. The second-order valence-corrected chi connectivity index (χ2v) is 4.39. The van der Waals surface area contributed by atoms with Gasteiger partial charge in [-0.1, -0.05) is 30.3 Å². The summed E-state index contributed by atoms with van der Waals surface area (Å²) in [6, 6.07) is 9.47. The van der Waals surface area contributed by atoms with Crippen LogP contribution in [-0.4, -0.2) is 22.3 Å². The Morgan fingerprint density at radius 1 is 1.30 bits per heavy atom. The number of hydrogen-bond acceptors (Lipinski definition) is 3. The van der Waals surface area contributed by atoms with Crippen LogP contribution in [0.1, 0.15) is 23.2 Å². The average Bonchev–Trinajstić information content (AvgIpc) is 2.77. The van der Waals surface area contributed by atoms with Crippen LogP contribution in [0.2, 0.25) is 0 Å². The normalized spacial score (nSPS) is 10.8. The Bertz CT molecular complexity index is 655. The maximum Gasteiger partial charge on any atom is 0.267 e. The number of aromatic amines is 2. The van der Waals surface area contributed by atoms with Gasteiger partial charge in [0, 0.05) is 17.7 Å². The van der Waals surface area contributed by atoms with Crippen molar-refractivity contribution in [3.05, 3.63) is 57.5 Å². The van der Waals surface area contributed by atoms with Gasteiger partial charge in [0.1, 0.15) is 0 Å². The number of aryl methyl sites for hydroxylation is 1. The molecule has 0 aliphatic heterocycles. The highest BCUT2D eigenvalue weighted by molar-refractivity contribution is 5.82. The summed E-state index contributed by atoms with van der Waals surface area (Å²) < 4.78 is 0. The van der Waals surface area contributed by atoms with Crippen LogP contribution < -0.4 is 11.0 Å². The number of rotatable bonds is 5. The number of carbonyl (C=O) groups is 1. The third-order valence-electron chi connectivity index (χ3n) is 2.89. The smallest absolute Gasteiger partial charge is 0.267 e. The summed E-state index contributed by atoms with van der Waals surface area (Å²) in [4.78, 5) is 23.0. The molecule has 0 bridgehead atoms. The Morgan fingerprint density at radius 3 is 2.70 bits per heavy atom. The fourth-order valence-corrected chi connectivity index (χ4v) is 1.79. The first-order valence-corrected chi connectivity index (χ1v) is 6.30. The highest BCUT2D eigenvalue weighted by atomic mass is 16.2. The molecule has 1 aromatic heterocycles. The lowest BCUT2D eigenvalue weighted by atomic mass is 10.1. The van der Waals surface area contributed by atoms with Crippen LogP contribution in [0.3, 0.4) is 0 Å². The maximum absolute atomic E-state index is 11.6. The van der Waals surface area contributed by atoms with E-state index in [2.05, 4.69) is 20.7 Å². The first-order valence-electron chi connectivity index (χ1n) is 6.30. The molecule has 0 aliphatic carbocycles. The number of nitrogens with zero attached hydrogens (tertiary/aromatic N) is 1. The van der Waals surface area contributed by atoms with Gasteiger partial charge in [0.25, 0.3) is 5.56 Å². The number of nitrogens with one attached hydrogen (secondary N) is 3. The number of H-pyrrole nitrogens is 2. The quantitative estimate of drug-likeness (QED) is 0.562. The van der Waals surface area contributed by atoms with E-state index in [-0.39, 0.29) is 17.9 Å². The molecule has 6 heteroatoms. The van der Waals surface area contributed by atoms with Crippen molar-refractivity contribution in [3.8, 4) is 0 Å². The minimum atomic E-state index is -0.225. The van der Waals surface area contributed by atoms with E-state index in [0.29, 0.717) is 12.0 Å².